The van der Waals surface area contributed by atoms with E-state index in [2.05, 4.69) is 30.2 Å². The molecule has 0 aromatic heterocycles. The third-order valence-corrected chi connectivity index (χ3v) is 6.88. The molecule has 0 saturated carbocycles. The fraction of sp³-hybridized carbons (Fsp3) is 0.619. The number of amides is 3. The first-order valence-corrected chi connectivity index (χ1v) is 11.3. The molecule has 27 heavy (non-hydrogen) atoms. The van der Waals surface area contributed by atoms with Crippen LogP contribution in [0.3, 0.4) is 0 Å². The number of carbonyl (C=O) groups excluding carboxylic acids is 2. The summed E-state index contributed by atoms with van der Waals surface area (Å²) in [6.45, 7) is 6.95. The second kappa shape index (κ2) is 8.65. The molecule has 1 aromatic rings. The average molecular weight is 390 g/mol. The van der Waals surface area contributed by atoms with Gasteiger partial charge in [0.1, 0.15) is 5.54 Å². The SMILES string of the molecule is CCN1C(=O)N(CCc2ccccc2)C2(CCN(C(C)CSC)CC2)C1=O. The molecule has 0 bridgehead atoms. The molecule has 2 heterocycles. The molecule has 5 nitrogen and oxygen atoms in total. The number of hydrogen-bond donors (Lipinski definition) is 0. The molecule has 2 aliphatic heterocycles. The first-order chi connectivity index (χ1) is 13.0. The van der Waals surface area contributed by atoms with Gasteiger partial charge in [-0.15, -0.1) is 0 Å². The Hall–Kier alpha value is -1.53. The standard InChI is InChI=1S/C21H31N3O2S/c1-4-23-19(25)21(11-14-22(15-12-21)17(2)16-27-3)24(20(23)26)13-10-18-8-6-5-7-9-18/h5-9,17H,4,10-16H2,1-3H3. The van der Waals surface area contributed by atoms with Crippen molar-refractivity contribution in [3.8, 4) is 0 Å². The predicted molar refractivity (Wildman–Crippen MR) is 111 cm³/mol. The number of likely N-dealkylation sites (N-methyl/N-ethyl adjacent to an activating group) is 1. The highest BCUT2D eigenvalue weighted by Crippen LogP contribution is 2.38. The van der Waals surface area contributed by atoms with Gasteiger partial charge in [0.05, 0.1) is 0 Å². The molecule has 2 fully saturated rings. The van der Waals surface area contributed by atoms with E-state index in [1.165, 1.54) is 10.5 Å². The number of hydrogen-bond acceptors (Lipinski definition) is 4. The third-order valence-electron chi connectivity index (χ3n) is 6.06. The van der Waals surface area contributed by atoms with Crippen molar-refractivity contribution < 1.29 is 9.59 Å². The van der Waals surface area contributed by atoms with E-state index in [4.69, 9.17) is 0 Å². The van der Waals surface area contributed by atoms with Crippen LogP contribution in [0.1, 0.15) is 32.3 Å². The highest BCUT2D eigenvalue weighted by Gasteiger charge is 2.57. The van der Waals surface area contributed by atoms with Crippen molar-refractivity contribution in [1.82, 2.24) is 14.7 Å². The number of nitrogens with zero attached hydrogens (tertiary/aromatic N) is 3. The second-order valence-electron chi connectivity index (χ2n) is 7.59. The Morgan fingerprint density at radius 2 is 1.81 bits per heavy atom. The summed E-state index contributed by atoms with van der Waals surface area (Å²) in [5, 5.41) is 0. The zero-order valence-electron chi connectivity index (χ0n) is 16.7. The van der Waals surface area contributed by atoms with Gasteiger partial charge in [0.25, 0.3) is 5.91 Å². The number of benzene rings is 1. The van der Waals surface area contributed by atoms with Crippen LogP contribution in [0.25, 0.3) is 0 Å². The third kappa shape index (κ3) is 3.87. The summed E-state index contributed by atoms with van der Waals surface area (Å²) >= 11 is 1.86. The van der Waals surface area contributed by atoms with Crippen molar-refractivity contribution in [1.29, 1.82) is 0 Å². The topological polar surface area (TPSA) is 43.9 Å². The zero-order chi connectivity index (χ0) is 19.4. The molecule has 3 rings (SSSR count). The van der Waals surface area contributed by atoms with Gasteiger partial charge < -0.3 is 4.90 Å². The van der Waals surface area contributed by atoms with Crippen molar-refractivity contribution in [3.63, 3.8) is 0 Å². The summed E-state index contributed by atoms with van der Waals surface area (Å²) in [6, 6.07) is 10.6. The van der Waals surface area contributed by atoms with E-state index < -0.39 is 5.54 Å². The Labute approximate surface area is 167 Å². The summed E-state index contributed by atoms with van der Waals surface area (Å²) in [6.07, 6.45) is 4.39. The van der Waals surface area contributed by atoms with Crippen molar-refractivity contribution in [2.45, 2.75) is 44.7 Å². The lowest BCUT2D eigenvalue weighted by Gasteiger charge is -2.44. The summed E-state index contributed by atoms with van der Waals surface area (Å²) in [5.74, 6) is 1.11. The van der Waals surface area contributed by atoms with Crippen LogP contribution in [-0.4, -0.2) is 76.4 Å². The molecular formula is C21H31N3O2S. The Morgan fingerprint density at radius 1 is 1.15 bits per heavy atom. The van der Waals surface area contributed by atoms with Crippen molar-refractivity contribution in [2.24, 2.45) is 0 Å². The van der Waals surface area contributed by atoms with Crippen LogP contribution in [-0.2, 0) is 11.2 Å². The fourth-order valence-corrected chi connectivity index (χ4v) is 5.11. The lowest BCUT2D eigenvalue weighted by Crippen LogP contribution is -2.58. The largest absolute Gasteiger partial charge is 0.327 e. The maximum atomic E-state index is 13.2. The van der Waals surface area contributed by atoms with Gasteiger partial charge in [-0.2, -0.15) is 11.8 Å². The van der Waals surface area contributed by atoms with Crippen molar-refractivity contribution in [2.75, 3.05) is 38.2 Å². The maximum Gasteiger partial charge on any atom is 0.327 e. The van der Waals surface area contributed by atoms with Gasteiger partial charge in [0, 0.05) is 38.0 Å². The molecule has 1 aromatic carbocycles. The Bertz CT molecular complexity index is 659. The summed E-state index contributed by atoms with van der Waals surface area (Å²) in [4.78, 5) is 32.0. The number of piperidine rings is 1. The van der Waals surface area contributed by atoms with E-state index in [1.807, 2.05) is 41.8 Å². The van der Waals surface area contributed by atoms with Crippen LogP contribution >= 0.6 is 11.8 Å². The quantitative estimate of drug-likeness (QED) is 0.672. The van der Waals surface area contributed by atoms with E-state index in [1.54, 1.807) is 0 Å². The van der Waals surface area contributed by atoms with E-state index in [0.29, 0.717) is 19.1 Å². The Balaban J connectivity index is 1.76. The number of imide groups is 1. The van der Waals surface area contributed by atoms with Crippen LogP contribution in [0.15, 0.2) is 30.3 Å². The van der Waals surface area contributed by atoms with E-state index in [9.17, 15) is 9.59 Å². The highest BCUT2D eigenvalue weighted by molar-refractivity contribution is 7.98. The zero-order valence-corrected chi connectivity index (χ0v) is 17.5. The van der Waals surface area contributed by atoms with E-state index in [-0.39, 0.29) is 11.9 Å². The normalized spacial score (nSPS) is 21.3. The molecule has 0 aliphatic carbocycles. The van der Waals surface area contributed by atoms with E-state index >= 15 is 0 Å². The van der Waals surface area contributed by atoms with Gasteiger partial charge in [0.15, 0.2) is 0 Å². The van der Waals surface area contributed by atoms with E-state index in [0.717, 1.165) is 38.1 Å². The summed E-state index contributed by atoms with van der Waals surface area (Å²) in [5.41, 5.74) is 0.561. The number of urea groups is 1. The van der Waals surface area contributed by atoms with Gasteiger partial charge in [-0.25, -0.2) is 4.79 Å². The summed E-state index contributed by atoms with van der Waals surface area (Å²) in [7, 11) is 0. The first kappa shape index (κ1) is 20.2. The minimum absolute atomic E-state index is 0.0141. The van der Waals surface area contributed by atoms with Crippen molar-refractivity contribution >= 4 is 23.7 Å². The molecule has 0 radical (unpaired) electrons. The van der Waals surface area contributed by atoms with Gasteiger partial charge in [-0.05, 0) is 44.9 Å². The first-order valence-electron chi connectivity index (χ1n) is 9.94. The predicted octanol–water partition coefficient (Wildman–Crippen LogP) is 3.10. The average Bonchev–Trinajstić information content (AvgIpc) is 2.88. The molecule has 148 valence electrons. The molecule has 2 aliphatic rings. The molecule has 2 saturated heterocycles. The van der Waals surface area contributed by atoms with Crippen LogP contribution in [0.2, 0.25) is 0 Å². The van der Waals surface area contributed by atoms with Gasteiger partial charge >= 0.3 is 6.03 Å². The minimum atomic E-state index is -0.641. The highest BCUT2D eigenvalue weighted by atomic mass is 32.2. The molecule has 0 N–H and O–H groups in total. The molecule has 1 atom stereocenters. The van der Waals surface area contributed by atoms with Crippen LogP contribution in [0.5, 0.6) is 0 Å². The second-order valence-corrected chi connectivity index (χ2v) is 8.50. The van der Waals surface area contributed by atoms with Crippen molar-refractivity contribution in [3.05, 3.63) is 35.9 Å². The van der Waals surface area contributed by atoms with Gasteiger partial charge in [0.2, 0.25) is 0 Å². The van der Waals surface area contributed by atoms with Crippen LogP contribution in [0.4, 0.5) is 4.79 Å². The monoisotopic (exact) mass is 389 g/mol. The molecule has 3 amide bonds. The fourth-order valence-electron chi connectivity index (χ4n) is 4.42. The Morgan fingerprint density at radius 3 is 2.41 bits per heavy atom. The number of carbonyl (C=O) groups is 2. The molecule has 1 spiro atoms. The minimum Gasteiger partial charge on any atom is -0.309 e. The number of likely N-dealkylation sites (tertiary alicyclic amines) is 1. The smallest absolute Gasteiger partial charge is 0.309 e. The number of rotatable bonds is 7. The summed E-state index contributed by atoms with van der Waals surface area (Å²) < 4.78 is 0. The Kier molecular flexibility index (Phi) is 6.48. The lowest BCUT2D eigenvalue weighted by molar-refractivity contribution is -0.135. The van der Waals surface area contributed by atoms with Gasteiger partial charge in [-0.1, -0.05) is 30.3 Å². The lowest BCUT2D eigenvalue weighted by atomic mass is 9.85. The molecule has 6 heteroatoms. The van der Waals surface area contributed by atoms with Crippen LogP contribution < -0.4 is 0 Å². The van der Waals surface area contributed by atoms with Crippen LogP contribution in [0, 0.1) is 0 Å². The molecule has 1 unspecified atom stereocenters. The number of thioether (sulfide) groups is 1. The molecular weight excluding hydrogens is 358 g/mol. The maximum absolute atomic E-state index is 13.2. The van der Waals surface area contributed by atoms with Gasteiger partial charge in [-0.3, -0.25) is 14.6 Å².